The third kappa shape index (κ3) is 5.62. The highest BCUT2D eigenvalue weighted by Gasteiger charge is 2.46. The molecule has 2 aliphatic rings. The Hall–Kier alpha value is -8.14. The number of rotatable bonds is 6. The van der Waals surface area contributed by atoms with Gasteiger partial charge in [0, 0.05) is 32.9 Å². The maximum absolute atomic E-state index is 6.15. The van der Waals surface area contributed by atoms with Crippen molar-refractivity contribution in [3.63, 3.8) is 0 Å². The smallest absolute Gasteiger partial charge is 0.160 e. The summed E-state index contributed by atoms with van der Waals surface area (Å²) < 4.78 is 6.15. The zero-order chi connectivity index (χ0) is 43.3. The third-order valence-corrected chi connectivity index (χ3v) is 14.2. The van der Waals surface area contributed by atoms with E-state index in [1.165, 1.54) is 55.6 Å². The molecule has 3 nitrogen and oxygen atoms in total. The molecule has 11 aromatic rings. The molecule has 0 saturated heterocycles. The molecule has 0 atom stereocenters. The van der Waals surface area contributed by atoms with Gasteiger partial charge in [0.05, 0.1) is 16.8 Å². The highest BCUT2D eigenvalue weighted by atomic mass is 16.3. The van der Waals surface area contributed by atoms with Crippen molar-refractivity contribution in [1.82, 2.24) is 9.97 Å². The highest BCUT2D eigenvalue weighted by Crippen LogP contribution is 2.57. The first-order chi connectivity index (χ1) is 31.9. The molecular formula is C62H42N2O. The quantitative estimate of drug-likeness (QED) is 0.168. The lowest BCUT2D eigenvalue weighted by Gasteiger charge is -2.34. The summed E-state index contributed by atoms with van der Waals surface area (Å²) in [5.41, 5.74) is 20.9. The Balaban J connectivity index is 0.987. The number of fused-ring (bicyclic) bond motifs is 9. The maximum Gasteiger partial charge on any atom is 0.160 e. The molecule has 0 N–H and O–H groups in total. The lowest BCUT2D eigenvalue weighted by atomic mass is 9.67. The lowest BCUT2D eigenvalue weighted by molar-refractivity contribution is 0.660. The molecule has 9 aromatic carbocycles. The Bertz CT molecular complexity index is 3640. The second-order valence-electron chi connectivity index (χ2n) is 18.1. The summed E-state index contributed by atoms with van der Waals surface area (Å²) in [5, 5.41) is 2.25. The van der Waals surface area contributed by atoms with Gasteiger partial charge in [-0.1, -0.05) is 196 Å². The van der Waals surface area contributed by atoms with Crippen LogP contribution in [-0.4, -0.2) is 9.97 Å². The van der Waals surface area contributed by atoms with Crippen LogP contribution in [0, 0.1) is 0 Å². The van der Waals surface area contributed by atoms with Crippen LogP contribution in [0.4, 0.5) is 0 Å². The van der Waals surface area contributed by atoms with Crippen molar-refractivity contribution in [2.45, 2.75) is 24.7 Å². The van der Waals surface area contributed by atoms with Gasteiger partial charge in [0.15, 0.2) is 5.82 Å². The summed E-state index contributed by atoms with van der Waals surface area (Å²) in [6.45, 7) is 4.65. The molecule has 2 aliphatic carbocycles. The van der Waals surface area contributed by atoms with E-state index in [0.29, 0.717) is 5.82 Å². The summed E-state index contributed by atoms with van der Waals surface area (Å²) in [4.78, 5) is 10.9. The van der Waals surface area contributed by atoms with Crippen LogP contribution < -0.4 is 0 Å². The van der Waals surface area contributed by atoms with Gasteiger partial charge in [0.25, 0.3) is 0 Å². The van der Waals surface area contributed by atoms with Crippen LogP contribution in [0.5, 0.6) is 0 Å². The van der Waals surface area contributed by atoms with Gasteiger partial charge in [-0.25, -0.2) is 9.97 Å². The van der Waals surface area contributed by atoms with Gasteiger partial charge in [-0.2, -0.15) is 0 Å². The van der Waals surface area contributed by atoms with Gasteiger partial charge >= 0.3 is 0 Å². The van der Waals surface area contributed by atoms with Crippen molar-refractivity contribution >= 4 is 21.9 Å². The summed E-state index contributed by atoms with van der Waals surface area (Å²) in [7, 11) is 0. The fraction of sp³-hybridized carbons (Fsp3) is 0.0645. The first-order valence-electron chi connectivity index (χ1n) is 22.5. The minimum absolute atomic E-state index is 0.156. The molecule has 0 saturated carbocycles. The van der Waals surface area contributed by atoms with Crippen LogP contribution in [0.1, 0.15) is 47.2 Å². The first kappa shape index (κ1) is 37.4. The van der Waals surface area contributed by atoms with Crippen LogP contribution in [0.25, 0.3) is 89.2 Å². The lowest BCUT2D eigenvalue weighted by Crippen LogP contribution is -2.28. The van der Waals surface area contributed by atoms with E-state index in [9.17, 15) is 0 Å². The molecule has 65 heavy (non-hydrogen) atoms. The molecule has 0 fully saturated rings. The zero-order valence-corrected chi connectivity index (χ0v) is 36.1. The summed E-state index contributed by atoms with van der Waals surface area (Å²) in [5.74, 6) is 0.703. The van der Waals surface area contributed by atoms with E-state index >= 15 is 0 Å². The summed E-state index contributed by atoms with van der Waals surface area (Å²) in [6, 6.07) is 79.1. The van der Waals surface area contributed by atoms with E-state index in [1.807, 2.05) is 12.1 Å². The Labute approximate surface area is 378 Å². The van der Waals surface area contributed by atoms with Gasteiger partial charge in [0.1, 0.15) is 11.2 Å². The van der Waals surface area contributed by atoms with Gasteiger partial charge in [0.2, 0.25) is 0 Å². The maximum atomic E-state index is 6.15. The molecule has 0 radical (unpaired) electrons. The average molecular weight is 831 g/mol. The molecule has 0 amide bonds. The SMILES string of the molecule is CC1(C)c2ccccc2-c2ccc(-c3nc(-c4ccc(-c5ccc6oc7ccccc7c6c5)cc4)cc(-c4ccc5c(c4)C(c4ccccc4)(c4ccccc4)c4ccccc4-5)n3)cc21. The third-order valence-electron chi connectivity index (χ3n) is 14.2. The molecule has 2 heterocycles. The van der Waals surface area contributed by atoms with E-state index in [0.717, 1.165) is 61.1 Å². The molecule has 0 spiro atoms. The van der Waals surface area contributed by atoms with Gasteiger partial charge in [-0.15, -0.1) is 0 Å². The Morgan fingerprint density at radius 3 is 1.58 bits per heavy atom. The van der Waals surface area contributed by atoms with Crippen LogP contribution >= 0.6 is 0 Å². The molecular weight excluding hydrogens is 789 g/mol. The number of hydrogen-bond donors (Lipinski definition) is 0. The fourth-order valence-electron chi connectivity index (χ4n) is 11.1. The number of para-hydroxylation sites is 1. The van der Waals surface area contributed by atoms with Crippen LogP contribution in [0.3, 0.4) is 0 Å². The highest BCUT2D eigenvalue weighted by molar-refractivity contribution is 6.06. The second-order valence-corrected chi connectivity index (χ2v) is 18.1. The molecule has 13 rings (SSSR count). The van der Waals surface area contributed by atoms with Crippen LogP contribution in [-0.2, 0) is 10.8 Å². The Morgan fingerprint density at radius 2 is 0.846 bits per heavy atom. The minimum atomic E-state index is -0.523. The standard InChI is InChI=1S/C62H42N2O/c1-61(2)52-22-12-9-19-46(52)48-33-30-43(37-54(48)61)60-63-56(40-27-25-39(26-28-40)41-31-34-59-51(35-41)50-21-11-14-24-58(50)65-59)38-57(64-60)42-29-32-49-47-20-10-13-23-53(47)62(55(49)36-42,44-15-5-3-6-16-44)45-17-7-4-8-18-45/h3-38H,1-2H3. The van der Waals surface area contributed by atoms with Crippen molar-refractivity contribution in [2.75, 3.05) is 0 Å². The number of aromatic nitrogens is 2. The van der Waals surface area contributed by atoms with E-state index < -0.39 is 5.41 Å². The number of hydrogen-bond acceptors (Lipinski definition) is 3. The fourth-order valence-corrected chi connectivity index (χ4v) is 11.1. The molecule has 0 unspecified atom stereocenters. The van der Waals surface area contributed by atoms with Gasteiger partial charge in [-0.05, 0) is 103 Å². The largest absolute Gasteiger partial charge is 0.456 e. The molecule has 2 aromatic heterocycles. The van der Waals surface area contributed by atoms with Crippen molar-refractivity contribution in [3.05, 3.63) is 252 Å². The predicted molar refractivity (Wildman–Crippen MR) is 266 cm³/mol. The van der Waals surface area contributed by atoms with E-state index in [1.54, 1.807) is 0 Å². The van der Waals surface area contributed by atoms with Gasteiger partial charge in [-0.3, -0.25) is 0 Å². The predicted octanol–water partition coefficient (Wildman–Crippen LogP) is 15.7. The number of nitrogens with zero attached hydrogens (tertiary/aromatic N) is 2. The molecule has 0 aliphatic heterocycles. The van der Waals surface area contributed by atoms with E-state index in [-0.39, 0.29) is 5.41 Å². The first-order valence-corrected chi connectivity index (χ1v) is 22.5. The van der Waals surface area contributed by atoms with Crippen molar-refractivity contribution < 1.29 is 4.42 Å². The Morgan fingerprint density at radius 1 is 0.338 bits per heavy atom. The van der Waals surface area contributed by atoms with Crippen molar-refractivity contribution in [1.29, 1.82) is 0 Å². The number of benzene rings is 9. The van der Waals surface area contributed by atoms with Gasteiger partial charge < -0.3 is 4.42 Å². The normalized spacial score (nSPS) is 13.9. The van der Waals surface area contributed by atoms with Crippen LogP contribution in [0.2, 0.25) is 0 Å². The molecule has 0 bridgehead atoms. The monoisotopic (exact) mass is 830 g/mol. The number of furan rings is 1. The zero-order valence-electron chi connectivity index (χ0n) is 36.1. The van der Waals surface area contributed by atoms with Crippen molar-refractivity contribution in [2.24, 2.45) is 0 Å². The van der Waals surface area contributed by atoms with Crippen LogP contribution in [0.15, 0.2) is 223 Å². The minimum Gasteiger partial charge on any atom is -0.456 e. The average Bonchev–Trinajstić information content (AvgIpc) is 3.97. The molecule has 3 heteroatoms. The van der Waals surface area contributed by atoms with E-state index in [4.69, 9.17) is 14.4 Å². The summed E-state index contributed by atoms with van der Waals surface area (Å²) in [6.07, 6.45) is 0. The molecule has 306 valence electrons. The second kappa shape index (κ2) is 14.2. The topological polar surface area (TPSA) is 38.9 Å². The summed E-state index contributed by atoms with van der Waals surface area (Å²) >= 11 is 0. The Kier molecular flexibility index (Phi) is 8.17. The van der Waals surface area contributed by atoms with E-state index in [2.05, 4.69) is 220 Å². The van der Waals surface area contributed by atoms with Crippen molar-refractivity contribution in [3.8, 4) is 67.3 Å².